The molecule has 1 aliphatic heterocycles. The number of nitrogens with one attached hydrogen (secondary N) is 2. The zero-order valence-corrected chi connectivity index (χ0v) is 12.5. The van der Waals surface area contributed by atoms with Gasteiger partial charge in [-0.3, -0.25) is 20.4 Å². The van der Waals surface area contributed by atoms with Crippen LogP contribution in [0.2, 0.25) is 0 Å². The van der Waals surface area contributed by atoms with Crippen LogP contribution in [0.15, 0.2) is 18.2 Å². The van der Waals surface area contributed by atoms with Crippen LogP contribution >= 0.6 is 23.2 Å². The molecular weight excluding hydrogens is 319 g/mol. The van der Waals surface area contributed by atoms with Crippen LogP contribution in [0.4, 0.5) is 0 Å². The molecular formula is C13H12Cl2N2O4. The summed E-state index contributed by atoms with van der Waals surface area (Å²) in [6.07, 6.45) is 0.342. The molecule has 21 heavy (non-hydrogen) atoms. The predicted molar refractivity (Wildman–Crippen MR) is 75.3 cm³/mol. The highest BCUT2D eigenvalue weighted by Crippen LogP contribution is 2.63. The maximum absolute atomic E-state index is 12.0. The van der Waals surface area contributed by atoms with E-state index in [4.69, 9.17) is 32.7 Å². The summed E-state index contributed by atoms with van der Waals surface area (Å²) < 4.78 is 9.25. The van der Waals surface area contributed by atoms with Crippen LogP contribution in [-0.4, -0.2) is 22.9 Å². The summed E-state index contributed by atoms with van der Waals surface area (Å²) >= 11 is 11.8. The normalized spacial score (nSPS) is 24.3. The van der Waals surface area contributed by atoms with Crippen molar-refractivity contribution < 1.29 is 19.1 Å². The van der Waals surface area contributed by atoms with Gasteiger partial charge in [-0.15, -0.1) is 23.2 Å². The van der Waals surface area contributed by atoms with Crippen molar-refractivity contribution in [2.45, 2.75) is 17.7 Å². The quantitative estimate of drug-likeness (QED) is 0.640. The lowest BCUT2D eigenvalue weighted by molar-refractivity contribution is -0.126. The van der Waals surface area contributed by atoms with Gasteiger partial charge in [0.05, 0.1) is 5.41 Å². The Labute approximate surface area is 130 Å². The third-order valence-corrected chi connectivity index (χ3v) is 4.78. The second-order valence-corrected chi connectivity index (χ2v) is 6.67. The highest BCUT2D eigenvalue weighted by atomic mass is 35.5. The number of hydrazine groups is 1. The van der Waals surface area contributed by atoms with Gasteiger partial charge in [0.25, 0.3) is 5.91 Å². The Bertz CT molecular complexity index is 635. The first-order chi connectivity index (χ1) is 9.83. The molecule has 1 heterocycles. The number of benzene rings is 1. The molecule has 1 aromatic carbocycles. The number of alkyl halides is 2. The zero-order valence-electron chi connectivity index (χ0n) is 11.0. The van der Waals surface area contributed by atoms with E-state index in [1.165, 1.54) is 6.07 Å². The van der Waals surface area contributed by atoms with Crippen LogP contribution in [0.3, 0.4) is 0 Å². The fourth-order valence-corrected chi connectivity index (χ4v) is 2.71. The number of rotatable bonds is 2. The summed E-state index contributed by atoms with van der Waals surface area (Å²) in [7, 11) is 0. The molecule has 2 amide bonds. The number of ether oxygens (including phenoxy) is 2. The van der Waals surface area contributed by atoms with Gasteiger partial charge in [0.1, 0.15) is 4.33 Å². The highest BCUT2D eigenvalue weighted by molar-refractivity contribution is 6.53. The average Bonchev–Trinajstić information content (AvgIpc) is 2.79. The van der Waals surface area contributed by atoms with E-state index in [1.807, 2.05) is 0 Å². The molecule has 6 nitrogen and oxygen atoms in total. The van der Waals surface area contributed by atoms with Crippen molar-refractivity contribution in [3.63, 3.8) is 0 Å². The minimum Gasteiger partial charge on any atom is -0.454 e. The van der Waals surface area contributed by atoms with Crippen molar-refractivity contribution in [2.24, 2.45) is 5.41 Å². The van der Waals surface area contributed by atoms with Crippen LogP contribution in [0, 0.1) is 5.41 Å². The summed E-state index contributed by atoms with van der Waals surface area (Å²) in [6, 6.07) is 4.74. The summed E-state index contributed by atoms with van der Waals surface area (Å²) in [6.45, 7) is 1.76. The summed E-state index contributed by atoms with van der Waals surface area (Å²) in [5.41, 5.74) is 4.10. The lowest BCUT2D eigenvalue weighted by Gasteiger charge is -2.13. The number of halogens is 2. The van der Waals surface area contributed by atoms with Gasteiger partial charge in [0.2, 0.25) is 12.7 Å². The van der Waals surface area contributed by atoms with E-state index in [2.05, 4.69) is 10.9 Å². The van der Waals surface area contributed by atoms with Crippen molar-refractivity contribution in [3.8, 4) is 11.5 Å². The van der Waals surface area contributed by atoms with E-state index in [0.29, 0.717) is 23.5 Å². The first kappa shape index (κ1) is 14.3. The van der Waals surface area contributed by atoms with E-state index in [1.54, 1.807) is 19.1 Å². The second kappa shape index (κ2) is 4.68. The molecule has 0 aromatic heterocycles. The Morgan fingerprint density at radius 3 is 2.52 bits per heavy atom. The molecule has 0 saturated heterocycles. The van der Waals surface area contributed by atoms with Gasteiger partial charge in [0, 0.05) is 5.56 Å². The van der Waals surface area contributed by atoms with Crippen molar-refractivity contribution in [3.05, 3.63) is 23.8 Å². The van der Waals surface area contributed by atoms with Crippen molar-refractivity contribution >= 4 is 35.0 Å². The lowest BCUT2D eigenvalue weighted by atomic mass is 10.1. The lowest BCUT2D eigenvalue weighted by Crippen LogP contribution is -2.45. The Morgan fingerprint density at radius 1 is 1.19 bits per heavy atom. The van der Waals surface area contributed by atoms with E-state index in [-0.39, 0.29) is 6.79 Å². The highest BCUT2D eigenvalue weighted by Gasteiger charge is 2.68. The molecule has 2 aliphatic rings. The van der Waals surface area contributed by atoms with Gasteiger partial charge in [0.15, 0.2) is 11.5 Å². The third kappa shape index (κ3) is 2.38. The SMILES string of the molecule is C[C@@]1(C(=O)NNC(=O)c2ccc3c(c2)OCO3)CC1(Cl)Cl. The predicted octanol–water partition coefficient (Wildman–Crippen LogP) is 1.76. The number of carbonyl (C=O) groups is 2. The topological polar surface area (TPSA) is 76.7 Å². The molecule has 1 atom stereocenters. The van der Waals surface area contributed by atoms with Gasteiger partial charge in [-0.2, -0.15) is 0 Å². The van der Waals surface area contributed by atoms with E-state index in [0.717, 1.165) is 0 Å². The Hall–Kier alpha value is -1.66. The monoisotopic (exact) mass is 330 g/mol. The van der Waals surface area contributed by atoms with Crippen LogP contribution < -0.4 is 20.3 Å². The van der Waals surface area contributed by atoms with E-state index < -0.39 is 21.6 Å². The fourth-order valence-electron chi connectivity index (χ4n) is 2.01. The summed E-state index contributed by atoms with van der Waals surface area (Å²) in [5, 5.41) is 0. The molecule has 1 saturated carbocycles. The average molecular weight is 331 g/mol. The molecule has 0 radical (unpaired) electrons. The zero-order chi connectivity index (χ0) is 15.3. The van der Waals surface area contributed by atoms with Crippen LogP contribution in [-0.2, 0) is 4.79 Å². The Kier molecular flexibility index (Phi) is 3.18. The van der Waals surface area contributed by atoms with Gasteiger partial charge in [-0.25, -0.2) is 0 Å². The molecule has 112 valence electrons. The van der Waals surface area contributed by atoms with Crippen molar-refractivity contribution in [1.29, 1.82) is 0 Å². The van der Waals surface area contributed by atoms with Crippen molar-refractivity contribution in [2.75, 3.05) is 6.79 Å². The first-order valence-electron chi connectivity index (χ1n) is 6.22. The number of carbonyl (C=O) groups excluding carboxylic acids is 2. The molecule has 3 rings (SSSR count). The van der Waals surface area contributed by atoms with Gasteiger partial charge < -0.3 is 9.47 Å². The molecule has 2 N–H and O–H groups in total. The van der Waals surface area contributed by atoms with Gasteiger partial charge >= 0.3 is 0 Å². The van der Waals surface area contributed by atoms with E-state index in [9.17, 15) is 9.59 Å². The second-order valence-electron chi connectivity index (χ2n) is 5.19. The van der Waals surface area contributed by atoms with Gasteiger partial charge in [-0.05, 0) is 31.5 Å². The maximum Gasteiger partial charge on any atom is 0.269 e. The molecule has 1 aromatic rings. The number of fused-ring (bicyclic) bond motifs is 1. The van der Waals surface area contributed by atoms with Gasteiger partial charge in [-0.1, -0.05) is 0 Å². The largest absolute Gasteiger partial charge is 0.454 e. The molecule has 8 heteroatoms. The fraction of sp³-hybridized carbons (Fsp3) is 0.385. The van der Waals surface area contributed by atoms with Crippen LogP contribution in [0.1, 0.15) is 23.7 Å². The summed E-state index contributed by atoms with van der Waals surface area (Å²) in [5.74, 6) is 0.168. The first-order valence-corrected chi connectivity index (χ1v) is 6.97. The maximum atomic E-state index is 12.0. The molecule has 0 unspecified atom stereocenters. The van der Waals surface area contributed by atoms with Crippen LogP contribution in [0.25, 0.3) is 0 Å². The van der Waals surface area contributed by atoms with E-state index >= 15 is 0 Å². The molecule has 0 bridgehead atoms. The van der Waals surface area contributed by atoms with Crippen LogP contribution in [0.5, 0.6) is 11.5 Å². The molecule has 1 aliphatic carbocycles. The third-order valence-electron chi connectivity index (χ3n) is 3.68. The summed E-state index contributed by atoms with van der Waals surface area (Å²) in [4.78, 5) is 23.9. The molecule has 0 spiro atoms. The minimum atomic E-state index is -1.08. The number of hydrogen-bond donors (Lipinski definition) is 2. The number of hydrogen-bond acceptors (Lipinski definition) is 4. The standard InChI is InChI=1S/C13H12Cl2N2O4/c1-12(5-13(12,14)15)11(19)17-16-10(18)7-2-3-8-9(4-7)21-6-20-8/h2-4H,5-6H2,1H3,(H,16,18)(H,17,19)/t12-/m0/s1. The Morgan fingerprint density at radius 2 is 1.86 bits per heavy atom. The number of amides is 2. The van der Waals surface area contributed by atoms with Crippen molar-refractivity contribution in [1.82, 2.24) is 10.9 Å². The smallest absolute Gasteiger partial charge is 0.269 e. The molecule has 1 fully saturated rings. The Balaban J connectivity index is 1.61. The minimum absolute atomic E-state index is 0.128.